The van der Waals surface area contributed by atoms with Gasteiger partial charge in [0, 0.05) is 16.9 Å². The Hall–Kier alpha value is -4.46. The smallest absolute Gasteiger partial charge is 0.329 e. The van der Waals surface area contributed by atoms with E-state index in [0.29, 0.717) is 17.0 Å². The van der Waals surface area contributed by atoms with Crippen molar-refractivity contribution in [2.75, 3.05) is 17.2 Å². The van der Waals surface area contributed by atoms with E-state index < -0.39 is 11.8 Å². The van der Waals surface area contributed by atoms with Gasteiger partial charge in [0.25, 0.3) is 5.91 Å². The number of benzene rings is 3. The minimum Gasteiger partial charge on any atom is -0.483 e. The largest absolute Gasteiger partial charge is 0.483 e. The summed E-state index contributed by atoms with van der Waals surface area (Å²) < 4.78 is 5.65. The van der Waals surface area contributed by atoms with Crippen LogP contribution >= 0.6 is 0 Å². The number of amides is 3. The van der Waals surface area contributed by atoms with E-state index in [9.17, 15) is 14.4 Å². The van der Waals surface area contributed by atoms with Crippen LogP contribution in [0, 0.1) is 27.7 Å². The molecule has 0 spiro atoms. The van der Waals surface area contributed by atoms with Crippen molar-refractivity contribution in [2.24, 2.45) is 5.10 Å². The second kappa shape index (κ2) is 11.6. The monoisotopic (exact) mass is 472 g/mol. The first kappa shape index (κ1) is 25.2. The second-order valence-electron chi connectivity index (χ2n) is 8.09. The van der Waals surface area contributed by atoms with Gasteiger partial charge < -0.3 is 15.4 Å². The topological polar surface area (TPSA) is 109 Å². The van der Waals surface area contributed by atoms with Gasteiger partial charge in [-0.2, -0.15) is 5.10 Å². The molecule has 0 fully saturated rings. The van der Waals surface area contributed by atoms with Crippen LogP contribution in [0.5, 0.6) is 5.75 Å². The molecule has 0 aliphatic rings. The van der Waals surface area contributed by atoms with Gasteiger partial charge in [0.15, 0.2) is 6.61 Å². The van der Waals surface area contributed by atoms with Crippen molar-refractivity contribution in [3.05, 3.63) is 88.5 Å². The third-order valence-electron chi connectivity index (χ3n) is 5.37. The van der Waals surface area contributed by atoms with Crippen LogP contribution in [0.4, 0.5) is 11.4 Å². The van der Waals surface area contributed by atoms with E-state index in [1.807, 2.05) is 52.0 Å². The fourth-order valence-corrected chi connectivity index (χ4v) is 3.20. The van der Waals surface area contributed by atoms with Gasteiger partial charge in [-0.1, -0.05) is 36.4 Å². The van der Waals surface area contributed by atoms with Crippen LogP contribution in [0.1, 0.15) is 27.8 Å². The van der Waals surface area contributed by atoms with Crippen LogP contribution in [0.15, 0.2) is 65.8 Å². The third-order valence-corrected chi connectivity index (χ3v) is 5.37. The second-order valence-corrected chi connectivity index (χ2v) is 8.09. The lowest BCUT2D eigenvalue weighted by atomic mass is 10.1. The lowest BCUT2D eigenvalue weighted by Crippen LogP contribution is -2.32. The summed E-state index contributed by atoms with van der Waals surface area (Å²) in [7, 11) is 0. The molecule has 0 aliphatic carbocycles. The fourth-order valence-electron chi connectivity index (χ4n) is 3.20. The number of aryl methyl sites for hydroxylation is 3. The number of para-hydroxylation sites is 1. The van der Waals surface area contributed by atoms with Crippen LogP contribution in [0.2, 0.25) is 0 Å². The van der Waals surface area contributed by atoms with E-state index in [2.05, 4.69) is 21.2 Å². The Morgan fingerprint density at radius 1 is 0.829 bits per heavy atom. The maximum atomic E-state index is 12.4. The highest BCUT2D eigenvalue weighted by Gasteiger charge is 2.14. The minimum absolute atomic E-state index is 0.206. The number of hydrogen-bond donors (Lipinski definition) is 3. The Bertz CT molecular complexity index is 1280. The number of carbonyl (C=O) groups is 3. The van der Waals surface area contributed by atoms with Gasteiger partial charge in [-0.3, -0.25) is 14.4 Å². The molecule has 0 unspecified atom stereocenters. The molecule has 35 heavy (non-hydrogen) atoms. The summed E-state index contributed by atoms with van der Waals surface area (Å²) in [5.74, 6) is -1.64. The van der Waals surface area contributed by atoms with E-state index in [4.69, 9.17) is 4.74 Å². The third kappa shape index (κ3) is 7.01. The number of nitrogens with zero attached hydrogens (tertiary/aromatic N) is 1. The van der Waals surface area contributed by atoms with Gasteiger partial charge in [-0.05, 0) is 74.2 Å². The number of anilines is 2. The highest BCUT2D eigenvalue weighted by molar-refractivity contribution is 6.39. The number of rotatable bonds is 7. The zero-order valence-electron chi connectivity index (χ0n) is 20.1. The summed E-state index contributed by atoms with van der Waals surface area (Å²) in [5, 5.41) is 9.27. The van der Waals surface area contributed by atoms with Crippen molar-refractivity contribution in [1.82, 2.24) is 5.43 Å². The zero-order chi connectivity index (χ0) is 25.4. The molecule has 0 aliphatic heterocycles. The molecule has 3 aromatic carbocycles. The quantitative estimate of drug-likeness (QED) is 0.274. The Kier molecular flexibility index (Phi) is 8.34. The maximum absolute atomic E-state index is 12.4. The first-order valence-electron chi connectivity index (χ1n) is 11.0. The van der Waals surface area contributed by atoms with Gasteiger partial charge >= 0.3 is 11.8 Å². The first-order valence-corrected chi connectivity index (χ1v) is 11.0. The molecule has 8 heteroatoms. The summed E-state index contributed by atoms with van der Waals surface area (Å²) in [6, 6.07) is 18.2. The van der Waals surface area contributed by atoms with Crippen LogP contribution in [-0.2, 0) is 14.4 Å². The summed E-state index contributed by atoms with van der Waals surface area (Å²) in [6.45, 7) is 7.44. The molecule has 0 atom stereocenters. The van der Waals surface area contributed by atoms with E-state index in [0.717, 1.165) is 27.9 Å². The summed E-state index contributed by atoms with van der Waals surface area (Å²) in [4.78, 5) is 36.7. The van der Waals surface area contributed by atoms with Crippen molar-refractivity contribution in [2.45, 2.75) is 27.7 Å². The molecule has 8 nitrogen and oxygen atoms in total. The fraction of sp³-hybridized carbons (Fsp3) is 0.185. The molecular weight excluding hydrogens is 444 g/mol. The highest BCUT2D eigenvalue weighted by atomic mass is 16.5. The van der Waals surface area contributed by atoms with Crippen molar-refractivity contribution >= 4 is 35.3 Å². The Balaban J connectivity index is 1.56. The van der Waals surface area contributed by atoms with Gasteiger partial charge in [-0.15, -0.1) is 0 Å². The standard InChI is InChI=1S/C27H28N4O4/c1-17-12-13-19(3)23(14-17)29-25(32)16-35-24-11-6-5-9-21(24)15-28-31-27(34)26(33)30-22-10-7-8-18(2)20(22)4/h5-15H,16H2,1-4H3,(H,29,32)(H,30,33)(H,31,34)/b28-15-. The van der Waals surface area contributed by atoms with Crippen molar-refractivity contribution in [3.8, 4) is 5.75 Å². The molecule has 0 aromatic heterocycles. The first-order chi connectivity index (χ1) is 16.7. The molecule has 3 amide bonds. The molecule has 180 valence electrons. The van der Waals surface area contributed by atoms with E-state index in [-0.39, 0.29) is 12.5 Å². The molecule has 0 heterocycles. The predicted molar refractivity (Wildman–Crippen MR) is 137 cm³/mol. The summed E-state index contributed by atoms with van der Waals surface area (Å²) >= 11 is 0. The maximum Gasteiger partial charge on any atom is 0.329 e. The zero-order valence-corrected chi connectivity index (χ0v) is 20.1. The molecule has 0 bridgehead atoms. The van der Waals surface area contributed by atoms with E-state index in [1.165, 1.54) is 6.21 Å². The van der Waals surface area contributed by atoms with Crippen molar-refractivity contribution < 1.29 is 19.1 Å². The molecule has 3 N–H and O–H groups in total. The molecule has 0 radical (unpaired) electrons. The molecule has 0 saturated carbocycles. The van der Waals surface area contributed by atoms with Crippen LogP contribution in [0.25, 0.3) is 0 Å². The number of hydrogen-bond acceptors (Lipinski definition) is 5. The Morgan fingerprint density at radius 3 is 2.40 bits per heavy atom. The SMILES string of the molecule is Cc1ccc(C)c(NC(=O)COc2ccccc2/C=N\NC(=O)C(=O)Nc2cccc(C)c2C)c1. The molecule has 3 rings (SSSR count). The number of hydrazone groups is 1. The average Bonchev–Trinajstić information content (AvgIpc) is 2.83. The van der Waals surface area contributed by atoms with Gasteiger partial charge in [-0.25, -0.2) is 5.43 Å². The van der Waals surface area contributed by atoms with Gasteiger partial charge in [0.05, 0.1) is 6.21 Å². The number of carbonyl (C=O) groups excluding carboxylic acids is 3. The highest BCUT2D eigenvalue weighted by Crippen LogP contribution is 2.19. The molecule has 3 aromatic rings. The van der Waals surface area contributed by atoms with Crippen LogP contribution in [-0.4, -0.2) is 30.5 Å². The molecule has 0 saturated heterocycles. The summed E-state index contributed by atoms with van der Waals surface area (Å²) in [5.41, 5.74) is 7.90. The van der Waals surface area contributed by atoms with Crippen LogP contribution in [0.3, 0.4) is 0 Å². The Morgan fingerprint density at radius 2 is 1.60 bits per heavy atom. The van der Waals surface area contributed by atoms with Gasteiger partial charge in [0.2, 0.25) is 0 Å². The number of ether oxygens (including phenoxy) is 1. The lowest BCUT2D eigenvalue weighted by Gasteiger charge is -2.11. The van der Waals surface area contributed by atoms with Crippen molar-refractivity contribution in [1.29, 1.82) is 0 Å². The van der Waals surface area contributed by atoms with E-state index in [1.54, 1.807) is 36.4 Å². The Labute approximate surface area is 204 Å². The predicted octanol–water partition coefficient (Wildman–Crippen LogP) is 4.03. The minimum atomic E-state index is -0.909. The molecular formula is C27H28N4O4. The normalized spacial score (nSPS) is 10.6. The average molecular weight is 473 g/mol. The van der Waals surface area contributed by atoms with Gasteiger partial charge in [0.1, 0.15) is 5.75 Å². The lowest BCUT2D eigenvalue weighted by molar-refractivity contribution is -0.136. The van der Waals surface area contributed by atoms with Crippen LogP contribution < -0.4 is 20.8 Å². The number of nitrogens with one attached hydrogen (secondary N) is 3. The van der Waals surface area contributed by atoms with E-state index >= 15 is 0 Å². The van der Waals surface area contributed by atoms with Crippen molar-refractivity contribution in [3.63, 3.8) is 0 Å². The summed E-state index contributed by atoms with van der Waals surface area (Å²) in [6.07, 6.45) is 1.35.